The van der Waals surface area contributed by atoms with Gasteiger partial charge < -0.3 is 4.74 Å². The third kappa shape index (κ3) is 3.12. The summed E-state index contributed by atoms with van der Waals surface area (Å²) in [6, 6.07) is 9.17. The van der Waals surface area contributed by atoms with Crippen molar-refractivity contribution >= 4 is 11.7 Å². The number of aromatic nitrogens is 1. The molecule has 0 unspecified atom stereocenters. The fourth-order valence-electron chi connectivity index (χ4n) is 1.53. The number of pyridine rings is 1. The lowest BCUT2D eigenvalue weighted by molar-refractivity contribution is -0.385. The van der Waals surface area contributed by atoms with E-state index in [1.807, 2.05) is 0 Å². The Labute approximate surface area is 108 Å². The summed E-state index contributed by atoms with van der Waals surface area (Å²) >= 11 is 0. The van der Waals surface area contributed by atoms with Crippen LogP contribution in [0, 0.1) is 10.1 Å². The number of ether oxygens (including phenoxy) is 1. The fourth-order valence-corrected chi connectivity index (χ4v) is 1.53. The van der Waals surface area contributed by atoms with Gasteiger partial charge in [-0.05, 0) is 18.2 Å². The topological polar surface area (TPSA) is 82.3 Å². The quantitative estimate of drug-likeness (QED) is 0.477. The van der Waals surface area contributed by atoms with E-state index in [4.69, 9.17) is 4.74 Å². The van der Waals surface area contributed by atoms with E-state index in [0.717, 1.165) is 0 Å². The van der Waals surface area contributed by atoms with Crippen LogP contribution in [0.15, 0.2) is 48.8 Å². The number of hydrogen-bond acceptors (Lipinski definition) is 5. The van der Waals surface area contributed by atoms with Crippen LogP contribution in [-0.4, -0.2) is 15.9 Å². The molecule has 6 nitrogen and oxygen atoms in total. The Morgan fingerprint density at radius 3 is 2.58 bits per heavy atom. The number of carbonyl (C=O) groups is 1. The van der Waals surface area contributed by atoms with Gasteiger partial charge in [0.15, 0.2) is 0 Å². The van der Waals surface area contributed by atoms with Crippen LogP contribution in [0.5, 0.6) is 0 Å². The Balaban J connectivity index is 2.07. The average molecular weight is 258 g/mol. The minimum atomic E-state index is -0.541. The Morgan fingerprint density at radius 1 is 1.21 bits per heavy atom. The lowest BCUT2D eigenvalue weighted by Gasteiger charge is -2.05. The Kier molecular flexibility index (Phi) is 3.82. The van der Waals surface area contributed by atoms with E-state index < -0.39 is 10.9 Å². The highest BCUT2D eigenvalue weighted by atomic mass is 16.6. The van der Waals surface area contributed by atoms with Crippen LogP contribution in [0.3, 0.4) is 0 Å². The Hall–Kier alpha value is -2.76. The molecule has 1 heterocycles. The first-order valence-corrected chi connectivity index (χ1v) is 5.48. The number of nitrogens with zero attached hydrogens (tertiary/aromatic N) is 2. The standard InChI is InChI=1S/C13H10N2O4/c16-13(10-5-7-14-8-6-10)19-9-11-3-1-2-4-12(11)15(17)18/h1-8H,9H2. The average Bonchev–Trinajstić information content (AvgIpc) is 2.46. The molecule has 0 fully saturated rings. The van der Waals surface area contributed by atoms with Gasteiger partial charge in [0.2, 0.25) is 0 Å². The molecular weight excluding hydrogens is 248 g/mol. The van der Waals surface area contributed by atoms with E-state index in [-0.39, 0.29) is 12.3 Å². The SMILES string of the molecule is O=C(OCc1ccccc1[N+](=O)[O-])c1ccncc1. The van der Waals surface area contributed by atoms with Crippen molar-refractivity contribution < 1.29 is 14.5 Å². The monoisotopic (exact) mass is 258 g/mol. The summed E-state index contributed by atoms with van der Waals surface area (Å²) in [4.78, 5) is 25.8. The zero-order valence-corrected chi connectivity index (χ0v) is 9.85. The first kappa shape index (κ1) is 12.7. The number of carbonyl (C=O) groups excluding carboxylic acids is 1. The molecule has 6 heteroatoms. The van der Waals surface area contributed by atoms with Gasteiger partial charge in [-0.2, -0.15) is 0 Å². The van der Waals surface area contributed by atoms with Crippen molar-refractivity contribution in [2.45, 2.75) is 6.61 Å². The molecule has 0 atom stereocenters. The molecule has 0 saturated heterocycles. The minimum Gasteiger partial charge on any atom is -0.457 e. The van der Waals surface area contributed by atoms with E-state index in [1.165, 1.54) is 30.6 Å². The lowest BCUT2D eigenvalue weighted by Crippen LogP contribution is -2.06. The van der Waals surface area contributed by atoms with Crippen molar-refractivity contribution in [1.82, 2.24) is 4.98 Å². The summed E-state index contributed by atoms with van der Waals surface area (Å²) < 4.78 is 5.03. The van der Waals surface area contributed by atoms with Gasteiger partial charge in [0.25, 0.3) is 5.69 Å². The number of nitro groups is 1. The maximum atomic E-state index is 11.7. The van der Waals surface area contributed by atoms with Gasteiger partial charge in [-0.25, -0.2) is 4.79 Å². The molecule has 0 aliphatic rings. The predicted molar refractivity (Wildman–Crippen MR) is 66.5 cm³/mol. The summed E-state index contributed by atoms with van der Waals surface area (Å²) in [5, 5.41) is 10.8. The molecule has 0 N–H and O–H groups in total. The van der Waals surface area contributed by atoms with Crippen LogP contribution in [0.4, 0.5) is 5.69 Å². The van der Waals surface area contributed by atoms with Gasteiger partial charge in [0.05, 0.1) is 16.1 Å². The molecule has 0 amide bonds. The second-order valence-corrected chi connectivity index (χ2v) is 3.70. The summed E-state index contributed by atoms with van der Waals surface area (Å²) in [5.41, 5.74) is 0.647. The number of para-hydroxylation sites is 1. The highest BCUT2D eigenvalue weighted by Crippen LogP contribution is 2.18. The summed E-state index contributed by atoms with van der Waals surface area (Å²) in [6.07, 6.45) is 2.95. The van der Waals surface area contributed by atoms with Gasteiger partial charge in [0, 0.05) is 18.5 Å². The van der Waals surface area contributed by atoms with Crippen LogP contribution in [0.25, 0.3) is 0 Å². The number of nitro benzene ring substituents is 1. The minimum absolute atomic E-state index is 0.0648. The van der Waals surface area contributed by atoms with E-state index in [2.05, 4.69) is 4.98 Å². The zero-order valence-electron chi connectivity index (χ0n) is 9.85. The smallest absolute Gasteiger partial charge is 0.338 e. The van der Waals surface area contributed by atoms with E-state index in [9.17, 15) is 14.9 Å². The van der Waals surface area contributed by atoms with Crippen LogP contribution < -0.4 is 0 Å². The summed E-state index contributed by atoms with van der Waals surface area (Å²) in [7, 11) is 0. The molecular formula is C13H10N2O4. The number of hydrogen-bond donors (Lipinski definition) is 0. The number of benzene rings is 1. The first-order chi connectivity index (χ1) is 9.18. The molecule has 96 valence electrons. The molecule has 0 spiro atoms. The highest BCUT2D eigenvalue weighted by molar-refractivity contribution is 5.89. The Morgan fingerprint density at radius 2 is 1.89 bits per heavy atom. The largest absolute Gasteiger partial charge is 0.457 e. The van der Waals surface area contributed by atoms with Gasteiger partial charge in [-0.3, -0.25) is 15.1 Å². The van der Waals surface area contributed by atoms with Crippen LogP contribution in [0.2, 0.25) is 0 Å². The van der Waals surface area contributed by atoms with Crippen molar-refractivity contribution in [3.63, 3.8) is 0 Å². The van der Waals surface area contributed by atoms with Crippen molar-refractivity contribution in [3.05, 3.63) is 70.0 Å². The third-order valence-electron chi connectivity index (χ3n) is 2.46. The van der Waals surface area contributed by atoms with Crippen molar-refractivity contribution in [3.8, 4) is 0 Å². The van der Waals surface area contributed by atoms with E-state index in [0.29, 0.717) is 11.1 Å². The molecule has 0 aliphatic heterocycles. The normalized spacial score (nSPS) is 9.89. The lowest BCUT2D eigenvalue weighted by atomic mass is 10.2. The predicted octanol–water partition coefficient (Wildman–Crippen LogP) is 2.35. The van der Waals surface area contributed by atoms with E-state index in [1.54, 1.807) is 18.2 Å². The molecule has 0 aliphatic carbocycles. The Bertz CT molecular complexity index is 599. The van der Waals surface area contributed by atoms with Crippen molar-refractivity contribution in [2.24, 2.45) is 0 Å². The summed E-state index contributed by atoms with van der Waals surface area (Å²) in [6.45, 7) is -0.141. The van der Waals surface area contributed by atoms with Crippen LogP contribution in [-0.2, 0) is 11.3 Å². The maximum absolute atomic E-state index is 11.7. The first-order valence-electron chi connectivity index (χ1n) is 5.48. The maximum Gasteiger partial charge on any atom is 0.338 e. The van der Waals surface area contributed by atoms with E-state index >= 15 is 0 Å². The molecule has 2 rings (SSSR count). The molecule has 0 bridgehead atoms. The zero-order chi connectivity index (χ0) is 13.7. The highest BCUT2D eigenvalue weighted by Gasteiger charge is 2.14. The van der Waals surface area contributed by atoms with Gasteiger partial charge in [-0.15, -0.1) is 0 Å². The van der Waals surface area contributed by atoms with Crippen molar-refractivity contribution in [1.29, 1.82) is 0 Å². The fraction of sp³-hybridized carbons (Fsp3) is 0.0769. The molecule has 1 aromatic heterocycles. The molecule has 1 aromatic carbocycles. The second kappa shape index (κ2) is 5.72. The summed E-state index contributed by atoms with van der Waals surface area (Å²) in [5.74, 6) is -0.541. The third-order valence-corrected chi connectivity index (χ3v) is 2.46. The second-order valence-electron chi connectivity index (χ2n) is 3.70. The van der Waals surface area contributed by atoms with Gasteiger partial charge >= 0.3 is 5.97 Å². The number of rotatable bonds is 4. The van der Waals surface area contributed by atoms with Gasteiger partial charge in [-0.1, -0.05) is 12.1 Å². The van der Waals surface area contributed by atoms with Gasteiger partial charge in [0.1, 0.15) is 6.61 Å². The van der Waals surface area contributed by atoms with Crippen molar-refractivity contribution in [2.75, 3.05) is 0 Å². The molecule has 19 heavy (non-hydrogen) atoms. The van der Waals surface area contributed by atoms with Crippen LogP contribution >= 0.6 is 0 Å². The molecule has 0 radical (unpaired) electrons. The molecule has 0 saturated carbocycles. The molecule has 2 aromatic rings. The number of esters is 1. The van der Waals surface area contributed by atoms with Crippen LogP contribution in [0.1, 0.15) is 15.9 Å².